The number of hydrogen-bond acceptors (Lipinski definition) is 4. The molecule has 166 valence electrons. The number of nitriles is 1. The number of carbonyl (C=O) groups excluding carboxylic acids is 1. The molecule has 5 heteroatoms. The Bertz CT molecular complexity index is 960. The Balaban J connectivity index is 1.23. The number of rotatable bonds is 3. The summed E-state index contributed by atoms with van der Waals surface area (Å²) >= 11 is 0. The standard InChI is InChI=1S/C26H35N3O2/c1-24(31)8-5-19-16(12-24)3-4-21-20(19)6-9-25(2)22(21)11-17-13-26(17,25)23(30)15-29-10-7-18(14-27)28-29/h7,10,16-17,19-22,31H,3-6,8-9,11-13,15H2,1-2H3/t16-,17?,19+,20-,21-,22+,24-,25+,26-/m1/s1. The fourth-order valence-electron chi connectivity index (χ4n) is 9.47. The molecule has 0 aliphatic heterocycles. The highest BCUT2D eigenvalue weighted by molar-refractivity contribution is 5.89. The number of Topliss-reactive ketones (excluding diaryl/α,β-unsaturated/α-hetero) is 1. The lowest BCUT2D eigenvalue weighted by Gasteiger charge is -2.57. The minimum atomic E-state index is -0.458. The minimum Gasteiger partial charge on any atom is -0.390 e. The molecule has 5 nitrogen and oxygen atoms in total. The van der Waals surface area contributed by atoms with Gasteiger partial charge in [-0.15, -0.1) is 0 Å². The highest BCUT2D eigenvalue weighted by atomic mass is 16.3. The third-order valence-electron chi connectivity index (χ3n) is 10.8. The molecule has 1 heterocycles. The summed E-state index contributed by atoms with van der Waals surface area (Å²) < 4.78 is 1.67. The smallest absolute Gasteiger partial charge is 0.162 e. The molecule has 0 aromatic carbocycles. The topological polar surface area (TPSA) is 78.9 Å². The number of aromatic nitrogens is 2. The summed E-state index contributed by atoms with van der Waals surface area (Å²) in [6, 6.07) is 3.76. The van der Waals surface area contributed by atoms with Crippen LogP contribution in [0.15, 0.2) is 12.3 Å². The third-order valence-corrected chi connectivity index (χ3v) is 10.8. The van der Waals surface area contributed by atoms with Gasteiger partial charge in [0.25, 0.3) is 0 Å². The lowest BCUT2D eigenvalue weighted by Crippen LogP contribution is -2.52. The number of fused-ring (bicyclic) bond motifs is 7. The summed E-state index contributed by atoms with van der Waals surface area (Å²) in [5, 5.41) is 23.9. The van der Waals surface area contributed by atoms with Crippen molar-refractivity contribution in [1.29, 1.82) is 5.26 Å². The van der Waals surface area contributed by atoms with Crippen molar-refractivity contribution in [2.75, 3.05) is 0 Å². The molecule has 0 saturated heterocycles. The molecule has 1 unspecified atom stereocenters. The van der Waals surface area contributed by atoms with Crippen LogP contribution in [0.4, 0.5) is 0 Å². The van der Waals surface area contributed by atoms with E-state index in [2.05, 4.69) is 18.1 Å². The number of hydrogen-bond donors (Lipinski definition) is 1. The van der Waals surface area contributed by atoms with Gasteiger partial charge in [-0.25, -0.2) is 0 Å². The van der Waals surface area contributed by atoms with Gasteiger partial charge < -0.3 is 5.11 Å². The van der Waals surface area contributed by atoms with Gasteiger partial charge in [0.1, 0.15) is 12.6 Å². The van der Waals surface area contributed by atoms with Gasteiger partial charge in [0.2, 0.25) is 0 Å². The van der Waals surface area contributed by atoms with Crippen molar-refractivity contribution in [3.63, 3.8) is 0 Å². The molecule has 5 aliphatic rings. The van der Waals surface area contributed by atoms with Crippen LogP contribution in [0.25, 0.3) is 0 Å². The summed E-state index contributed by atoms with van der Waals surface area (Å²) in [7, 11) is 0. The SMILES string of the molecule is C[C@@]1(O)CC[C@H]2[C@H](CC[C@@H]3[C@@H]2CC[C@@]2(C)[C@H]3CC3C[C@]32C(=O)Cn2ccc(C#N)n2)C1. The zero-order valence-electron chi connectivity index (χ0n) is 18.9. The Morgan fingerprint density at radius 2 is 2.00 bits per heavy atom. The lowest BCUT2D eigenvalue weighted by atomic mass is 9.47. The number of carbonyl (C=O) groups is 1. The van der Waals surface area contributed by atoms with Crippen molar-refractivity contribution in [2.45, 2.75) is 83.8 Å². The van der Waals surface area contributed by atoms with Crippen LogP contribution in [0.2, 0.25) is 0 Å². The summed E-state index contributed by atoms with van der Waals surface area (Å²) in [5.41, 5.74) is -0.0831. The minimum absolute atomic E-state index is 0.133. The highest BCUT2D eigenvalue weighted by Crippen LogP contribution is 2.80. The predicted octanol–water partition coefficient (Wildman–Crippen LogP) is 4.34. The first-order valence-electron chi connectivity index (χ1n) is 12.5. The van der Waals surface area contributed by atoms with E-state index in [0.29, 0.717) is 35.8 Å². The Morgan fingerprint density at radius 1 is 1.19 bits per heavy atom. The van der Waals surface area contributed by atoms with Crippen LogP contribution in [0, 0.1) is 57.7 Å². The van der Waals surface area contributed by atoms with E-state index in [0.717, 1.165) is 37.0 Å². The third kappa shape index (κ3) is 2.70. The van der Waals surface area contributed by atoms with E-state index < -0.39 is 5.60 Å². The van der Waals surface area contributed by atoms with E-state index >= 15 is 0 Å². The van der Waals surface area contributed by atoms with Crippen molar-refractivity contribution in [3.8, 4) is 6.07 Å². The van der Waals surface area contributed by atoms with Crippen LogP contribution in [-0.2, 0) is 11.3 Å². The van der Waals surface area contributed by atoms with Crippen LogP contribution in [0.3, 0.4) is 0 Å². The number of aliphatic hydroxyl groups is 1. The van der Waals surface area contributed by atoms with Gasteiger partial charge in [0.15, 0.2) is 11.5 Å². The van der Waals surface area contributed by atoms with E-state index in [1.807, 2.05) is 6.92 Å². The normalized spacial score (nSPS) is 49.9. The van der Waals surface area contributed by atoms with E-state index in [4.69, 9.17) is 5.26 Å². The molecule has 5 saturated carbocycles. The van der Waals surface area contributed by atoms with Crippen LogP contribution in [0.5, 0.6) is 0 Å². The predicted molar refractivity (Wildman–Crippen MR) is 116 cm³/mol. The monoisotopic (exact) mass is 421 g/mol. The molecule has 0 radical (unpaired) electrons. The zero-order chi connectivity index (χ0) is 21.6. The fraction of sp³-hybridized carbons (Fsp3) is 0.808. The maximum Gasteiger partial charge on any atom is 0.162 e. The second-order valence-corrected chi connectivity index (χ2v) is 12.2. The zero-order valence-corrected chi connectivity index (χ0v) is 18.9. The van der Waals surface area contributed by atoms with Crippen molar-refractivity contribution in [3.05, 3.63) is 18.0 Å². The molecule has 9 atom stereocenters. The Morgan fingerprint density at radius 3 is 2.77 bits per heavy atom. The summed E-state index contributed by atoms with van der Waals surface area (Å²) in [6.07, 6.45) is 12.2. The lowest BCUT2D eigenvalue weighted by molar-refractivity contribution is -0.139. The molecule has 1 aromatic heterocycles. The quantitative estimate of drug-likeness (QED) is 0.787. The van der Waals surface area contributed by atoms with E-state index in [-0.39, 0.29) is 10.8 Å². The van der Waals surface area contributed by atoms with Crippen LogP contribution in [0.1, 0.15) is 77.3 Å². The fourth-order valence-corrected chi connectivity index (χ4v) is 9.47. The molecular weight excluding hydrogens is 386 g/mol. The van der Waals surface area contributed by atoms with Gasteiger partial charge in [-0.05, 0) is 112 Å². The maximum absolute atomic E-state index is 13.6. The van der Waals surface area contributed by atoms with Crippen molar-refractivity contribution in [2.24, 2.45) is 46.3 Å². The highest BCUT2D eigenvalue weighted by Gasteiger charge is 2.77. The van der Waals surface area contributed by atoms with Crippen LogP contribution >= 0.6 is 0 Å². The largest absolute Gasteiger partial charge is 0.390 e. The van der Waals surface area contributed by atoms with E-state index in [9.17, 15) is 9.90 Å². The molecule has 6 rings (SSSR count). The maximum atomic E-state index is 13.6. The number of nitrogens with zero attached hydrogens (tertiary/aromatic N) is 3. The first kappa shape index (κ1) is 20.0. The summed E-state index contributed by atoms with van der Waals surface area (Å²) in [6.45, 7) is 4.79. The molecule has 1 aromatic rings. The van der Waals surface area contributed by atoms with Gasteiger partial charge in [-0.1, -0.05) is 6.92 Å². The number of ketones is 1. The summed E-state index contributed by atoms with van der Waals surface area (Å²) in [4.78, 5) is 13.6. The van der Waals surface area contributed by atoms with Gasteiger partial charge >= 0.3 is 0 Å². The summed E-state index contributed by atoms with van der Waals surface area (Å²) in [5.74, 6) is 4.68. The van der Waals surface area contributed by atoms with E-state index in [1.54, 1.807) is 16.9 Å². The van der Waals surface area contributed by atoms with Crippen molar-refractivity contribution < 1.29 is 9.90 Å². The van der Waals surface area contributed by atoms with Gasteiger partial charge in [0, 0.05) is 11.6 Å². The second-order valence-electron chi connectivity index (χ2n) is 12.2. The van der Waals surface area contributed by atoms with E-state index in [1.165, 1.54) is 38.5 Å². The molecule has 0 spiro atoms. The van der Waals surface area contributed by atoms with Gasteiger partial charge in [0.05, 0.1) is 5.60 Å². The average Bonchev–Trinajstić information content (AvgIpc) is 3.20. The molecule has 0 amide bonds. The van der Waals surface area contributed by atoms with Crippen molar-refractivity contribution in [1.82, 2.24) is 9.78 Å². The van der Waals surface area contributed by atoms with Gasteiger partial charge in [-0.2, -0.15) is 10.4 Å². The Labute approximate surface area is 185 Å². The van der Waals surface area contributed by atoms with Gasteiger partial charge in [-0.3, -0.25) is 9.48 Å². The second kappa shape index (κ2) is 6.44. The molecule has 1 N–H and O–H groups in total. The Hall–Kier alpha value is -1.67. The first-order chi connectivity index (χ1) is 14.8. The molecule has 5 fully saturated rings. The first-order valence-corrected chi connectivity index (χ1v) is 12.5. The average molecular weight is 422 g/mol. The molecular formula is C26H35N3O2. The molecule has 0 bridgehead atoms. The van der Waals surface area contributed by atoms with Crippen LogP contribution < -0.4 is 0 Å². The molecule has 31 heavy (non-hydrogen) atoms. The Kier molecular flexibility index (Phi) is 4.15. The van der Waals surface area contributed by atoms with Crippen LogP contribution in [-0.4, -0.2) is 26.3 Å². The van der Waals surface area contributed by atoms with Crippen molar-refractivity contribution >= 4 is 5.78 Å². The molecule has 5 aliphatic carbocycles.